The van der Waals surface area contributed by atoms with Gasteiger partial charge in [0.15, 0.2) is 18.1 Å². The molecule has 1 N–H and O–H groups in total. The van der Waals surface area contributed by atoms with Gasteiger partial charge in [0.1, 0.15) is 18.1 Å². The van der Waals surface area contributed by atoms with Gasteiger partial charge in [0.25, 0.3) is 5.91 Å². The highest BCUT2D eigenvalue weighted by atomic mass is 35.5. The van der Waals surface area contributed by atoms with Gasteiger partial charge < -0.3 is 18.9 Å². The van der Waals surface area contributed by atoms with Gasteiger partial charge in [-0.15, -0.1) is 0 Å². The highest BCUT2D eigenvalue weighted by molar-refractivity contribution is 6.30. The molecule has 166 valence electrons. The highest BCUT2D eigenvalue weighted by Crippen LogP contribution is 2.28. The van der Waals surface area contributed by atoms with Crippen LogP contribution in [0, 0.1) is 0 Å². The fourth-order valence-corrected chi connectivity index (χ4v) is 2.78. The molecule has 3 rings (SSSR count). The molecule has 8 heteroatoms. The quantitative estimate of drug-likeness (QED) is 0.361. The molecule has 32 heavy (non-hydrogen) atoms. The van der Waals surface area contributed by atoms with Crippen molar-refractivity contribution in [3.05, 3.63) is 82.9 Å². The Bertz CT molecular complexity index is 1050. The Morgan fingerprint density at radius 1 is 0.906 bits per heavy atom. The van der Waals surface area contributed by atoms with E-state index in [-0.39, 0.29) is 12.5 Å². The molecule has 0 aliphatic heterocycles. The molecule has 0 unspecified atom stereocenters. The molecule has 0 aromatic heterocycles. The van der Waals surface area contributed by atoms with Crippen molar-refractivity contribution < 1.29 is 23.7 Å². The summed E-state index contributed by atoms with van der Waals surface area (Å²) < 4.78 is 21.7. The Morgan fingerprint density at radius 2 is 1.62 bits per heavy atom. The molecule has 3 aromatic rings. The third-order valence-corrected chi connectivity index (χ3v) is 4.58. The first kappa shape index (κ1) is 23.0. The number of nitrogens with zero attached hydrogens (tertiary/aromatic N) is 1. The number of ether oxygens (including phenoxy) is 4. The monoisotopic (exact) mass is 454 g/mol. The summed E-state index contributed by atoms with van der Waals surface area (Å²) in [4.78, 5) is 11.9. The molecule has 0 aliphatic rings. The van der Waals surface area contributed by atoms with Gasteiger partial charge in [0.05, 0.1) is 20.4 Å². The van der Waals surface area contributed by atoms with E-state index in [2.05, 4.69) is 10.5 Å². The number of hydrazone groups is 1. The number of methoxy groups -OCH3 is 2. The maximum Gasteiger partial charge on any atom is 0.277 e. The third kappa shape index (κ3) is 6.92. The highest BCUT2D eigenvalue weighted by Gasteiger charge is 2.06. The number of halogens is 1. The van der Waals surface area contributed by atoms with E-state index in [0.29, 0.717) is 34.6 Å². The molecule has 0 spiro atoms. The number of hydrogen-bond acceptors (Lipinski definition) is 6. The van der Waals surface area contributed by atoms with E-state index in [9.17, 15) is 4.79 Å². The van der Waals surface area contributed by atoms with Crippen molar-refractivity contribution in [2.45, 2.75) is 6.61 Å². The summed E-state index contributed by atoms with van der Waals surface area (Å²) in [6.07, 6.45) is 1.51. The summed E-state index contributed by atoms with van der Waals surface area (Å²) in [6, 6.07) is 19.7. The van der Waals surface area contributed by atoms with E-state index >= 15 is 0 Å². The van der Waals surface area contributed by atoms with Crippen LogP contribution in [0.25, 0.3) is 0 Å². The van der Waals surface area contributed by atoms with Gasteiger partial charge in [-0.25, -0.2) is 5.43 Å². The van der Waals surface area contributed by atoms with Gasteiger partial charge in [0.2, 0.25) is 0 Å². The van der Waals surface area contributed by atoms with Crippen molar-refractivity contribution in [3.63, 3.8) is 0 Å². The lowest BCUT2D eigenvalue weighted by Gasteiger charge is -2.11. The first-order valence-electron chi connectivity index (χ1n) is 9.71. The van der Waals surface area contributed by atoms with Crippen molar-refractivity contribution in [1.82, 2.24) is 5.43 Å². The second-order valence-electron chi connectivity index (χ2n) is 6.58. The Kier molecular flexibility index (Phi) is 8.34. The number of nitrogens with one attached hydrogen (secondary N) is 1. The first-order valence-corrected chi connectivity index (χ1v) is 10.1. The molecule has 1 amide bonds. The van der Waals surface area contributed by atoms with Crippen molar-refractivity contribution in [2.24, 2.45) is 5.10 Å². The molecule has 0 fully saturated rings. The van der Waals surface area contributed by atoms with Crippen LogP contribution in [0.15, 0.2) is 71.8 Å². The van der Waals surface area contributed by atoms with E-state index in [1.807, 2.05) is 30.3 Å². The minimum atomic E-state index is -0.382. The van der Waals surface area contributed by atoms with E-state index < -0.39 is 0 Å². The van der Waals surface area contributed by atoms with Crippen LogP contribution in [0.2, 0.25) is 5.02 Å². The average Bonchev–Trinajstić information content (AvgIpc) is 2.83. The molecule has 3 aromatic carbocycles. The van der Waals surface area contributed by atoms with Gasteiger partial charge in [-0.3, -0.25) is 4.79 Å². The zero-order chi connectivity index (χ0) is 22.8. The predicted octanol–water partition coefficient (Wildman–Crippen LogP) is 4.47. The smallest absolute Gasteiger partial charge is 0.277 e. The third-order valence-electron chi connectivity index (χ3n) is 4.33. The average molecular weight is 455 g/mol. The van der Waals surface area contributed by atoms with E-state index in [0.717, 1.165) is 11.1 Å². The first-order chi connectivity index (χ1) is 15.6. The molecular formula is C24H23ClN2O5. The van der Waals surface area contributed by atoms with Crippen LogP contribution in [-0.2, 0) is 11.4 Å². The summed E-state index contributed by atoms with van der Waals surface area (Å²) in [7, 11) is 3.14. The molecule has 0 aliphatic carbocycles. The second-order valence-corrected chi connectivity index (χ2v) is 7.02. The molecule has 0 saturated heterocycles. The van der Waals surface area contributed by atoms with E-state index in [4.69, 9.17) is 30.5 Å². The van der Waals surface area contributed by atoms with E-state index in [1.165, 1.54) is 6.21 Å². The van der Waals surface area contributed by atoms with Crippen molar-refractivity contribution in [3.8, 4) is 23.0 Å². The predicted molar refractivity (Wildman–Crippen MR) is 123 cm³/mol. The Labute approximate surface area is 191 Å². The second kappa shape index (κ2) is 11.6. The topological polar surface area (TPSA) is 78.4 Å². The van der Waals surface area contributed by atoms with Gasteiger partial charge in [-0.2, -0.15) is 5.10 Å². The molecule has 0 atom stereocenters. The largest absolute Gasteiger partial charge is 0.497 e. The van der Waals surface area contributed by atoms with Gasteiger partial charge >= 0.3 is 0 Å². The van der Waals surface area contributed by atoms with Crippen molar-refractivity contribution in [2.75, 3.05) is 20.8 Å². The van der Waals surface area contributed by atoms with Gasteiger partial charge in [-0.05, 0) is 65.7 Å². The molecule has 0 bridgehead atoms. The number of carbonyl (C=O) groups is 1. The maximum atomic E-state index is 11.9. The van der Waals surface area contributed by atoms with Crippen LogP contribution in [0.5, 0.6) is 23.0 Å². The van der Waals surface area contributed by atoms with Crippen LogP contribution < -0.4 is 24.4 Å². The number of rotatable bonds is 10. The summed E-state index contributed by atoms with van der Waals surface area (Å²) in [5.41, 5.74) is 4.15. The summed E-state index contributed by atoms with van der Waals surface area (Å²) >= 11 is 5.90. The normalized spacial score (nSPS) is 10.6. The van der Waals surface area contributed by atoms with Crippen molar-refractivity contribution >= 4 is 23.7 Å². The fourth-order valence-electron chi connectivity index (χ4n) is 2.66. The summed E-state index contributed by atoms with van der Waals surface area (Å²) in [5, 5.41) is 4.63. The molecule has 0 radical (unpaired) electrons. The number of carbonyl (C=O) groups excluding carboxylic acids is 1. The Balaban J connectivity index is 1.50. The van der Waals surface area contributed by atoms with E-state index in [1.54, 1.807) is 50.6 Å². The lowest BCUT2D eigenvalue weighted by Crippen LogP contribution is -2.24. The molecule has 0 saturated carbocycles. The minimum absolute atomic E-state index is 0.162. The summed E-state index contributed by atoms with van der Waals surface area (Å²) in [6.45, 7) is 0.218. The fraction of sp³-hybridized carbons (Fsp3) is 0.167. The minimum Gasteiger partial charge on any atom is -0.497 e. The zero-order valence-electron chi connectivity index (χ0n) is 17.7. The van der Waals surface area contributed by atoms with Crippen LogP contribution in [0.3, 0.4) is 0 Å². The van der Waals surface area contributed by atoms with Crippen LogP contribution >= 0.6 is 11.6 Å². The van der Waals surface area contributed by atoms with Crippen LogP contribution in [-0.4, -0.2) is 32.9 Å². The van der Waals surface area contributed by atoms with Crippen LogP contribution in [0.4, 0.5) is 0 Å². The Morgan fingerprint density at radius 3 is 2.31 bits per heavy atom. The number of benzene rings is 3. The standard InChI is InChI=1S/C24H23ClN2O5/c1-29-20-8-10-21(11-9-20)31-16-24(28)27-26-14-18-5-12-22(23(13-18)30-2)32-15-17-3-6-19(25)7-4-17/h3-14H,15-16H2,1-2H3,(H,27,28)/b26-14-. The SMILES string of the molecule is COc1ccc(OCC(=O)N/N=C\c2ccc(OCc3ccc(Cl)cc3)c(OC)c2)cc1. The number of amides is 1. The zero-order valence-corrected chi connectivity index (χ0v) is 18.5. The van der Waals surface area contributed by atoms with Crippen molar-refractivity contribution in [1.29, 1.82) is 0 Å². The molecule has 7 nitrogen and oxygen atoms in total. The van der Waals surface area contributed by atoms with Gasteiger partial charge in [-0.1, -0.05) is 23.7 Å². The van der Waals surface area contributed by atoms with Gasteiger partial charge in [0, 0.05) is 5.02 Å². The number of hydrogen-bond donors (Lipinski definition) is 1. The maximum absolute atomic E-state index is 11.9. The lowest BCUT2D eigenvalue weighted by molar-refractivity contribution is -0.123. The lowest BCUT2D eigenvalue weighted by atomic mass is 10.2. The summed E-state index contributed by atoms with van der Waals surface area (Å²) in [5.74, 6) is 2.03. The molecule has 0 heterocycles. The Hall–Kier alpha value is -3.71. The molecular weight excluding hydrogens is 432 g/mol. The van der Waals surface area contributed by atoms with Crippen LogP contribution in [0.1, 0.15) is 11.1 Å².